The van der Waals surface area contributed by atoms with Gasteiger partial charge >= 0.3 is 0 Å². The zero-order valence-electron chi connectivity index (χ0n) is 19.5. The first-order chi connectivity index (χ1) is 16.0. The van der Waals surface area contributed by atoms with Crippen molar-refractivity contribution in [3.8, 4) is 17.2 Å². The highest BCUT2D eigenvalue weighted by atomic mass is 16.7. The fraction of sp³-hybridized carbons (Fsp3) is 0.286. The van der Waals surface area contributed by atoms with E-state index in [9.17, 15) is 5.11 Å². The van der Waals surface area contributed by atoms with Gasteiger partial charge in [0.25, 0.3) is 0 Å². The van der Waals surface area contributed by atoms with Crippen molar-refractivity contribution in [2.45, 2.75) is 19.4 Å². The summed E-state index contributed by atoms with van der Waals surface area (Å²) in [5.41, 5.74) is 5.79. The Labute approximate surface area is 195 Å². The van der Waals surface area contributed by atoms with Crippen LogP contribution in [0.2, 0.25) is 0 Å². The first kappa shape index (κ1) is 22.9. The first-order valence-electron chi connectivity index (χ1n) is 11.3. The summed E-state index contributed by atoms with van der Waals surface area (Å²) in [6, 6.07) is 24.7. The third-order valence-corrected chi connectivity index (χ3v) is 5.60. The predicted molar refractivity (Wildman–Crippen MR) is 132 cm³/mol. The van der Waals surface area contributed by atoms with Crippen molar-refractivity contribution in [3.63, 3.8) is 0 Å². The molecule has 1 heterocycles. The average Bonchev–Trinajstić information content (AvgIpc) is 3.30. The normalized spacial score (nSPS) is 14.2. The van der Waals surface area contributed by atoms with Gasteiger partial charge in [0.1, 0.15) is 18.5 Å². The standard InChI is InChI=1S/C28H31NO4/c1-4-25(22-12-15-26-27(16-22)33-19-32-26)28(20-8-6-5-7-9-20)21-10-13-24(14-11-21)31-18-23(30)17-29(2)3/h5-16,23,30H,4,17-19H2,1-3H3/b28-25+. The average molecular weight is 446 g/mol. The molecular formula is C28H31NO4. The largest absolute Gasteiger partial charge is 0.491 e. The second-order valence-electron chi connectivity index (χ2n) is 8.39. The zero-order chi connectivity index (χ0) is 23.2. The molecule has 172 valence electrons. The second kappa shape index (κ2) is 10.6. The predicted octanol–water partition coefficient (Wildman–Crippen LogP) is 5.09. The van der Waals surface area contributed by atoms with E-state index in [1.807, 2.05) is 43.3 Å². The number of aliphatic hydroxyl groups excluding tert-OH is 1. The molecule has 0 bridgehead atoms. The van der Waals surface area contributed by atoms with Crippen molar-refractivity contribution in [2.24, 2.45) is 0 Å². The third kappa shape index (κ3) is 5.56. The Kier molecular flexibility index (Phi) is 7.33. The van der Waals surface area contributed by atoms with Gasteiger partial charge in [0.05, 0.1) is 0 Å². The molecule has 3 aromatic carbocycles. The zero-order valence-corrected chi connectivity index (χ0v) is 19.5. The van der Waals surface area contributed by atoms with E-state index in [1.54, 1.807) is 0 Å². The summed E-state index contributed by atoms with van der Waals surface area (Å²) in [5, 5.41) is 10.1. The van der Waals surface area contributed by atoms with Crippen molar-refractivity contribution in [1.82, 2.24) is 4.90 Å². The van der Waals surface area contributed by atoms with E-state index in [1.165, 1.54) is 11.1 Å². The molecular weight excluding hydrogens is 414 g/mol. The fourth-order valence-corrected chi connectivity index (χ4v) is 4.11. The molecule has 0 spiro atoms. The van der Waals surface area contributed by atoms with Gasteiger partial charge < -0.3 is 24.2 Å². The van der Waals surface area contributed by atoms with Crippen LogP contribution >= 0.6 is 0 Å². The van der Waals surface area contributed by atoms with Crippen molar-refractivity contribution < 1.29 is 19.3 Å². The number of likely N-dealkylation sites (N-methyl/N-ethyl adjacent to an activating group) is 1. The summed E-state index contributed by atoms with van der Waals surface area (Å²) in [7, 11) is 3.86. The quantitative estimate of drug-likeness (QED) is 0.465. The van der Waals surface area contributed by atoms with E-state index in [4.69, 9.17) is 14.2 Å². The summed E-state index contributed by atoms with van der Waals surface area (Å²) in [6.07, 6.45) is 0.330. The Morgan fingerprint density at radius 2 is 1.58 bits per heavy atom. The van der Waals surface area contributed by atoms with Crippen molar-refractivity contribution in [3.05, 3.63) is 89.5 Å². The van der Waals surface area contributed by atoms with Crippen LogP contribution in [0, 0.1) is 0 Å². The molecule has 0 amide bonds. The van der Waals surface area contributed by atoms with E-state index in [0.29, 0.717) is 6.54 Å². The molecule has 33 heavy (non-hydrogen) atoms. The Bertz CT molecular complexity index is 1090. The monoisotopic (exact) mass is 445 g/mol. The Balaban J connectivity index is 1.68. The molecule has 1 aliphatic rings. The van der Waals surface area contributed by atoms with Crippen LogP contribution in [-0.2, 0) is 0 Å². The van der Waals surface area contributed by atoms with Crippen LogP contribution < -0.4 is 14.2 Å². The number of fused-ring (bicyclic) bond motifs is 1. The van der Waals surface area contributed by atoms with Crippen LogP contribution in [0.4, 0.5) is 0 Å². The van der Waals surface area contributed by atoms with Crippen LogP contribution in [0.1, 0.15) is 30.0 Å². The van der Waals surface area contributed by atoms with Crippen molar-refractivity contribution in [1.29, 1.82) is 0 Å². The second-order valence-corrected chi connectivity index (χ2v) is 8.39. The van der Waals surface area contributed by atoms with Gasteiger partial charge in [0.15, 0.2) is 11.5 Å². The molecule has 3 aromatic rings. The lowest BCUT2D eigenvalue weighted by Gasteiger charge is -2.18. The van der Waals surface area contributed by atoms with Gasteiger partial charge in [-0.1, -0.05) is 55.5 Å². The molecule has 1 N–H and O–H groups in total. The summed E-state index contributed by atoms with van der Waals surface area (Å²) < 4.78 is 16.9. The minimum absolute atomic E-state index is 0.260. The molecule has 0 aliphatic carbocycles. The van der Waals surface area contributed by atoms with Crippen molar-refractivity contribution in [2.75, 3.05) is 34.0 Å². The van der Waals surface area contributed by atoms with Crippen LogP contribution in [0.25, 0.3) is 11.1 Å². The van der Waals surface area contributed by atoms with Crippen LogP contribution in [0.5, 0.6) is 17.2 Å². The van der Waals surface area contributed by atoms with Gasteiger partial charge in [-0.15, -0.1) is 0 Å². The van der Waals surface area contributed by atoms with E-state index < -0.39 is 6.10 Å². The SMILES string of the molecule is CC/C(=C(/c1ccccc1)c1ccc(OCC(O)CN(C)C)cc1)c1ccc2c(c1)OCO2. The molecule has 4 rings (SSSR count). The number of nitrogens with zero attached hydrogens (tertiary/aromatic N) is 1. The van der Waals surface area contributed by atoms with E-state index >= 15 is 0 Å². The Hall–Kier alpha value is -3.28. The van der Waals surface area contributed by atoms with Gasteiger partial charge in [-0.2, -0.15) is 0 Å². The van der Waals surface area contributed by atoms with Crippen LogP contribution in [0.15, 0.2) is 72.8 Å². The lowest BCUT2D eigenvalue weighted by atomic mass is 9.88. The highest BCUT2D eigenvalue weighted by molar-refractivity contribution is 5.98. The Morgan fingerprint density at radius 3 is 2.27 bits per heavy atom. The van der Waals surface area contributed by atoms with Crippen molar-refractivity contribution >= 4 is 11.1 Å². The van der Waals surface area contributed by atoms with E-state index in [2.05, 4.69) is 55.5 Å². The third-order valence-electron chi connectivity index (χ3n) is 5.60. The van der Waals surface area contributed by atoms with Crippen LogP contribution in [-0.4, -0.2) is 50.2 Å². The van der Waals surface area contributed by atoms with Gasteiger partial charge in [-0.25, -0.2) is 0 Å². The lowest BCUT2D eigenvalue weighted by Crippen LogP contribution is -2.30. The lowest BCUT2D eigenvalue weighted by molar-refractivity contribution is 0.0831. The summed E-state index contributed by atoms with van der Waals surface area (Å²) in [5.74, 6) is 2.31. The number of hydrogen-bond acceptors (Lipinski definition) is 5. The number of benzene rings is 3. The fourth-order valence-electron chi connectivity index (χ4n) is 4.11. The molecule has 1 unspecified atom stereocenters. The van der Waals surface area contributed by atoms with Gasteiger partial charge in [-0.05, 0) is 72.6 Å². The molecule has 0 radical (unpaired) electrons. The number of aliphatic hydroxyl groups is 1. The molecule has 5 nitrogen and oxygen atoms in total. The number of ether oxygens (including phenoxy) is 3. The number of hydrogen-bond donors (Lipinski definition) is 1. The molecule has 0 saturated carbocycles. The molecule has 0 aromatic heterocycles. The van der Waals surface area contributed by atoms with Gasteiger partial charge in [-0.3, -0.25) is 0 Å². The maximum absolute atomic E-state index is 10.1. The highest BCUT2D eigenvalue weighted by Gasteiger charge is 2.18. The first-order valence-corrected chi connectivity index (χ1v) is 11.3. The van der Waals surface area contributed by atoms with Gasteiger partial charge in [0.2, 0.25) is 6.79 Å². The topological polar surface area (TPSA) is 51.2 Å². The van der Waals surface area contributed by atoms with Crippen LogP contribution in [0.3, 0.4) is 0 Å². The van der Waals surface area contributed by atoms with E-state index in [0.717, 1.165) is 40.4 Å². The van der Waals surface area contributed by atoms with Gasteiger partial charge in [0, 0.05) is 6.54 Å². The van der Waals surface area contributed by atoms with E-state index in [-0.39, 0.29) is 13.4 Å². The molecule has 0 fully saturated rings. The highest BCUT2D eigenvalue weighted by Crippen LogP contribution is 2.39. The molecule has 0 saturated heterocycles. The minimum Gasteiger partial charge on any atom is -0.491 e. The maximum Gasteiger partial charge on any atom is 0.231 e. The minimum atomic E-state index is -0.530. The molecule has 5 heteroatoms. The summed E-state index contributed by atoms with van der Waals surface area (Å²) >= 11 is 0. The Morgan fingerprint density at radius 1 is 0.909 bits per heavy atom. The smallest absolute Gasteiger partial charge is 0.231 e. The molecule has 1 aliphatic heterocycles. The summed E-state index contributed by atoms with van der Waals surface area (Å²) in [6.45, 7) is 3.26. The molecule has 1 atom stereocenters. The number of rotatable bonds is 9. The maximum atomic E-state index is 10.1. The summed E-state index contributed by atoms with van der Waals surface area (Å²) in [4.78, 5) is 1.94. The number of allylic oxidation sites excluding steroid dienone is 1.